The third-order valence-corrected chi connectivity index (χ3v) is 7.32. The number of aliphatic hydroxyl groups excluding tert-OH is 1. The van der Waals surface area contributed by atoms with Crippen LogP contribution in [0.25, 0.3) is 5.76 Å². The first kappa shape index (κ1) is 29.2. The number of amides is 1. The lowest BCUT2D eigenvalue weighted by Crippen LogP contribution is -2.29. The van der Waals surface area contributed by atoms with Gasteiger partial charge in [0.15, 0.2) is 11.5 Å². The van der Waals surface area contributed by atoms with Gasteiger partial charge in [0, 0.05) is 24.5 Å². The van der Waals surface area contributed by atoms with E-state index < -0.39 is 17.7 Å². The predicted octanol–water partition coefficient (Wildman–Crippen LogP) is 5.62. The van der Waals surface area contributed by atoms with Crippen molar-refractivity contribution in [3.8, 4) is 23.0 Å². The average Bonchev–Trinajstić information content (AvgIpc) is 3.28. The maximum Gasteiger partial charge on any atom is 0.295 e. The van der Waals surface area contributed by atoms with E-state index in [1.165, 1.54) is 26.2 Å². The van der Waals surface area contributed by atoms with Gasteiger partial charge in [-0.3, -0.25) is 14.6 Å². The number of methoxy groups -OCH3 is 3. The van der Waals surface area contributed by atoms with Crippen LogP contribution in [0.1, 0.15) is 33.9 Å². The molecular formula is C34H32N2O7. The van der Waals surface area contributed by atoms with Crippen molar-refractivity contribution in [1.82, 2.24) is 9.88 Å². The van der Waals surface area contributed by atoms with E-state index in [1.807, 2.05) is 43.3 Å². The smallest absolute Gasteiger partial charge is 0.295 e. The lowest BCUT2D eigenvalue weighted by molar-refractivity contribution is -0.140. The molecule has 1 amide bonds. The van der Waals surface area contributed by atoms with Crippen molar-refractivity contribution >= 4 is 17.4 Å². The highest BCUT2D eigenvalue weighted by atomic mass is 16.5. The molecule has 0 radical (unpaired) electrons. The van der Waals surface area contributed by atoms with Gasteiger partial charge in [0.1, 0.15) is 18.1 Å². The number of carbonyl (C=O) groups is 2. The number of aryl methyl sites for hydroxylation is 1. The second-order valence-electron chi connectivity index (χ2n) is 10.00. The summed E-state index contributed by atoms with van der Waals surface area (Å²) in [6.45, 7) is 2.28. The summed E-state index contributed by atoms with van der Waals surface area (Å²) in [4.78, 5) is 32.7. The molecule has 1 aromatic heterocycles. The number of rotatable bonds is 10. The van der Waals surface area contributed by atoms with Crippen LogP contribution in [-0.2, 0) is 22.7 Å². The second-order valence-corrected chi connectivity index (χ2v) is 10.00. The van der Waals surface area contributed by atoms with Crippen LogP contribution in [-0.4, -0.2) is 48.0 Å². The number of Topliss-reactive ketones (excluding diaryl/α,β-unsaturated/α-hetero) is 1. The number of aliphatic hydroxyl groups is 1. The van der Waals surface area contributed by atoms with E-state index >= 15 is 0 Å². The van der Waals surface area contributed by atoms with Gasteiger partial charge in [-0.25, -0.2) is 0 Å². The Kier molecular flexibility index (Phi) is 8.61. The van der Waals surface area contributed by atoms with Gasteiger partial charge in [0.25, 0.3) is 11.7 Å². The number of likely N-dealkylation sites (tertiary alicyclic amines) is 1. The molecule has 1 aliphatic rings. The van der Waals surface area contributed by atoms with Crippen molar-refractivity contribution in [2.45, 2.75) is 26.1 Å². The number of carbonyl (C=O) groups excluding carboxylic acids is 2. The third-order valence-electron chi connectivity index (χ3n) is 7.32. The number of hydrogen-bond donors (Lipinski definition) is 1. The summed E-state index contributed by atoms with van der Waals surface area (Å²) < 4.78 is 22.5. The lowest BCUT2D eigenvalue weighted by Gasteiger charge is -2.26. The van der Waals surface area contributed by atoms with Crippen LogP contribution in [0.4, 0.5) is 0 Å². The van der Waals surface area contributed by atoms with Gasteiger partial charge in [0.2, 0.25) is 5.75 Å². The van der Waals surface area contributed by atoms with Crippen molar-refractivity contribution in [2.24, 2.45) is 0 Å². The van der Waals surface area contributed by atoms with E-state index in [0.717, 1.165) is 11.1 Å². The van der Waals surface area contributed by atoms with Gasteiger partial charge in [-0.15, -0.1) is 0 Å². The molecule has 2 heterocycles. The molecule has 9 nitrogen and oxygen atoms in total. The summed E-state index contributed by atoms with van der Waals surface area (Å²) in [5.74, 6) is -0.178. The zero-order valence-electron chi connectivity index (χ0n) is 24.4. The van der Waals surface area contributed by atoms with Crippen molar-refractivity contribution in [3.05, 3.63) is 119 Å². The lowest BCUT2D eigenvalue weighted by atomic mass is 9.93. The highest BCUT2D eigenvalue weighted by Gasteiger charge is 2.46. The summed E-state index contributed by atoms with van der Waals surface area (Å²) >= 11 is 0. The zero-order valence-corrected chi connectivity index (χ0v) is 24.4. The Bertz CT molecular complexity index is 1640. The number of ether oxygens (including phenoxy) is 4. The fourth-order valence-electron chi connectivity index (χ4n) is 5.21. The average molecular weight is 581 g/mol. The monoisotopic (exact) mass is 580 g/mol. The quantitative estimate of drug-likeness (QED) is 0.146. The van der Waals surface area contributed by atoms with Crippen LogP contribution < -0.4 is 18.9 Å². The van der Waals surface area contributed by atoms with Crippen molar-refractivity contribution in [3.63, 3.8) is 0 Å². The number of aromatic nitrogens is 1. The van der Waals surface area contributed by atoms with Crippen LogP contribution in [0.2, 0.25) is 0 Å². The summed E-state index contributed by atoms with van der Waals surface area (Å²) in [7, 11) is 4.46. The van der Waals surface area contributed by atoms with Crippen LogP contribution in [0.3, 0.4) is 0 Å². The normalized spacial score (nSPS) is 15.8. The number of benzene rings is 3. The summed E-state index contributed by atoms with van der Waals surface area (Å²) in [6, 6.07) is 20.9. The molecule has 9 heteroatoms. The first-order chi connectivity index (χ1) is 20.9. The maximum atomic E-state index is 13.6. The molecule has 220 valence electrons. The molecule has 43 heavy (non-hydrogen) atoms. The largest absolute Gasteiger partial charge is 0.507 e. The Morgan fingerprint density at radius 3 is 2.19 bits per heavy atom. The molecule has 0 saturated carbocycles. The summed E-state index contributed by atoms with van der Waals surface area (Å²) in [5.41, 5.74) is 3.27. The molecule has 1 fully saturated rings. The van der Waals surface area contributed by atoms with E-state index in [9.17, 15) is 14.7 Å². The first-order valence-electron chi connectivity index (χ1n) is 13.6. The van der Waals surface area contributed by atoms with Crippen molar-refractivity contribution in [2.75, 3.05) is 21.3 Å². The third kappa shape index (κ3) is 5.88. The number of ketones is 1. The Hall–Kier alpha value is -5.31. The van der Waals surface area contributed by atoms with E-state index in [1.54, 1.807) is 48.8 Å². The van der Waals surface area contributed by atoms with Crippen LogP contribution >= 0.6 is 0 Å². The van der Waals surface area contributed by atoms with E-state index in [-0.39, 0.29) is 17.9 Å². The van der Waals surface area contributed by atoms with Crippen LogP contribution in [0.5, 0.6) is 23.0 Å². The molecule has 1 saturated heterocycles. The molecule has 0 spiro atoms. The molecular weight excluding hydrogens is 548 g/mol. The molecule has 1 atom stereocenters. The summed E-state index contributed by atoms with van der Waals surface area (Å²) in [5, 5.41) is 11.7. The molecule has 1 aliphatic heterocycles. The Balaban J connectivity index is 1.60. The van der Waals surface area contributed by atoms with E-state index in [0.29, 0.717) is 46.3 Å². The van der Waals surface area contributed by atoms with Gasteiger partial charge in [-0.05, 0) is 65.6 Å². The molecule has 0 aliphatic carbocycles. The van der Waals surface area contributed by atoms with E-state index in [2.05, 4.69) is 4.98 Å². The fourth-order valence-corrected chi connectivity index (χ4v) is 5.21. The number of pyridine rings is 1. The minimum atomic E-state index is -0.956. The molecule has 0 bridgehead atoms. The Labute approximate surface area is 249 Å². The van der Waals surface area contributed by atoms with Gasteiger partial charge in [-0.1, -0.05) is 36.4 Å². The maximum absolute atomic E-state index is 13.6. The van der Waals surface area contributed by atoms with Gasteiger partial charge in [0.05, 0.1) is 32.9 Å². The summed E-state index contributed by atoms with van der Waals surface area (Å²) in [6.07, 6.45) is 3.26. The minimum absolute atomic E-state index is 0.0517. The second kappa shape index (κ2) is 12.7. The van der Waals surface area contributed by atoms with Gasteiger partial charge >= 0.3 is 0 Å². The molecule has 0 unspecified atom stereocenters. The first-order valence-corrected chi connectivity index (χ1v) is 13.6. The number of hydrogen-bond acceptors (Lipinski definition) is 8. The van der Waals surface area contributed by atoms with Crippen molar-refractivity contribution < 1.29 is 33.6 Å². The molecule has 1 N–H and O–H groups in total. The Morgan fingerprint density at radius 1 is 0.884 bits per heavy atom. The van der Waals surface area contributed by atoms with E-state index in [4.69, 9.17) is 18.9 Å². The van der Waals surface area contributed by atoms with Crippen LogP contribution in [0, 0.1) is 6.92 Å². The SMILES string of the molecule is COc1cc([C@H]2C(=C(O)c3ccc(OCc4ccccc4)cc3C)C(=O)C(=O)N2Cc2cccnc2)cc(OC)c1OC. The van der Waals surface area contributed by atoms with Gasteiger partial charge < -0.3 is 29.0 Å². The standard InChI is InChI=1S/C34H32N2O7/c1-21-15-25(43-20-22-9-6-5-7-10-22)12-13-26(21)31(37)29-30(24-16-27(40-2)33(42-4)28(17-24)41-3)36(34(39)32(29)38)19-23-11-8-14-35-18-23/h5-18,30,37H,19-20H2,1-4H3/t30-/m0/s1. The molecule has 3 aromatic carbocycles. The highest BCUT2D eigenvalue weighted by Crippen LogP contribution is 2.46. The molecule has 5 rings (SSSR count). The Morgan fingerprint density at radius 2 is 1.58 bits per heavy atom. The van der Waals surface area contributed by atoms with Gasteiger partial charge in [-0.2, -0.15) is 0 Å². The minimum Gasteiger partial charge on any atom is -0.507 e. The fraction of sp³-hybridized carbons (Fsp3) is 0.206. The van der Waals surface area contributed by atoms with Crippen LogP contribution in [0.15, 0.2) is 90.8 Å². The van der Waals surface area contributed by atoms with Crippen molar-refractivity contribution in [1.29, 1.82) is 0 Å². The molecule has 4 aromatic rings. The predicted molar refractivity (Wildman–Crippen MR) is 160 cm³/mol. The topological polar surface area (TPSA) is 107 Å². The zero-order chi connectivity index (χ0) is 30.5. The number of nitrogens with zero attached hydrogens (tertiary/aromatic N) is 2. The highest BCUT2D eigenvalue weighted by molar-refractivity contribution is 6.46.